The van der Waals surface area contributed by atoms with Crippen LogP contribution in [-0.4, -0.2) is 84.7 Å². The molecule has 17 rings (SSSR count). The normalized spacial score (nSPS) is 11.8. The Morgan fingerprint density at radius 2 is 0.670 bits per heavy atom. The summed E-state index contributed by atoms with van der Waals surface area (Å²) < 4.78 is 0. The number of hydrogen-bond acceptors (Lipinski definition) is 12. The zero-order valence-electron chi connectivity index (χ0n) is 57.6. The van der Waals surface area contributed by atoms with Crippen molar-refractivity contribution in [1.29, 1.82) is 0 Å². The number of nitrogens with zero attached hydrogens (tertiary/aromatic N) is 8. The first kappa shape index (κ1) is 79.9. The monoisotopic (exact) mass is 2070 g/mol. The maximum Gasteiger partial charge on any atom is 0.106 e. The minimum Gasteiger partial charge on any atom is -0.393 e. The van der Waals surface area contributed by atoms with E-state index in [0.29, 0.717) is 12.8 Å². The molecule has 0 aliphatic carbocycles. The third kappa shape index (κ3) is 19.2. The molecule has 103 heavy (non-hydrogen) atoms. The van der Waals surface area contributed by atoms with Gasteiger partial charge in [-0.25, -0.2) is 19.9 Å². The Labute approximate surface area is 653 Å². The van der Waals surface area contributed by atoms with Crippen molar-refractivity contribution in [2.45, 2.75) is 85.7 Å². The number of aromatic nitrogens is 8. The average Bonchev–Trinajstić information content (AvgIpc) is 0.779. The average molecular weight is 2060 g/mol. The van der Waals surface area contributed by atoms with Gasteiger partial charge in [0.1, 0.15) is 25.3 Å². The van der Waals surface area contributed by atoms with Gasteiger partial charge in [-0.1, -0.05) is 145 Å². The summed E-state index contributed by atoms with van der Waals surface area (Å²) in [6, 6.07) is 90.1. The Balaban J connectivity index is 0.000000163. The molecule has 4 radical (unpaired) electrons. The maximum absolute atomic E-state index is 8.56. The minimum atomic E-state index is -0.375. The molecular weight excluding hydrogens is 1990 g/mol. The van der Waals surface area contributed by atoms with Crippen LogP contribution in [0.25, 0.3) is 142 Å². The van der Waals surface area contributed by atoms with E-state index in [9.17, 15) is 0 Å². The minimum absolute atomic E-state index is 0. The smallest absolute Gasteiger partial charge is 0.106 e. The molecule has 4 unspecified atom stereocenters. The third-order valence-corrected chi connectivity index (χ3v) is 17.0. The maximum atomic E-state index is 8.56. The fourth-order valence-electron chi connectivity index (χ4n) is 12.4. The number of hydrogen-bond donors (Lipinski definition) is 4. The molecule has 17 aromatic rings. The van der Waals surface area contributed by atoms with Crippen LogP contribution < -0.4 is 0 Å². The van der Waals surface area contributed by atoms with E-state index in [1.54, 1.807) is 53.0 Å². The molecule has 12 nitrogen and oxygen atoms in total. The summed E-state index contributed by atoms with van der Waals surface area (Å²) in [6.45, 7) is 12.9. The number of benzene rings is 13. The van der Waals surface area contributed by atoms with Crippen molar-refractivity contribution in [2.75, 3.05) is 0 Å². The van der Waals surface area contributed by atoms with Crippen LogP contribution in [0.4, 0.5) is 0 Å². The summed E-state index contributed by atoms with van der Waals surface area (Å²) in [6.07, 6.45) is 6.00. The molecule has 526 valence electrons. The van der Waals surface area contributed by atoms with Crippen LogP contribution in [0, 0.1) is 45.0 Å². The van der Waals surface area contributed by atoms with Crippen molar-refractivity contribution in [3.63, 3.8) is 0 Å². The van der Waals surface area contributed by atoms with Gasteiger partial charge in [-0.05, 0) is 144 Å². The van der Waals surface area contributed by atoms with Gasteiger partial charge in [-0.2, -0.15) is 0 Å². The second kappa shape index (κ2) is 37.6. The van der Waals surface area contributed by atoms with Gasteiger partial charge in [0, 0.05) is 103 Å². The van der Waals surface area contributed by atoms with Crippen LogP contribution in [0.1, 0.15) is 57.4 Å². The first-order valence-corrected chi connectivity index (χ1v) is 33.1. The van der Waals surface area contributed by atoms with Gasteiger partial charge in [0.2, 0.25) is 0 Å². The van der Waals surface area contributed by atoms with E-state index >= 15 is 0 Å². The number of fused-ring (bicyclic) bond motifs is 14. The predicted octanol–water partition coefficient (Wildman–Crippen LogP) is 18.8. The molecular formula is C87H74Ir4N8O4-4. The summed E-state index contributed by atoms with van der Waals surface area (Å²) in [5, 5.41) is 52.2. The van der Waals surface area contributed by atoms with Crippen LogP contribution >= 0.6 is 0 Å². The Kier molecular flexibility index (Phi) is 29.2. The molecule has 0 amide bonds. The zero-order valence-corrected chi connectivity index (χ0v) is 67.2. The number of rotatable bonds is 7. The van der Waals surface area contributed by atoms with Gasteiger partial charge >= 0.3 is 0 Å². The molecule has 0 fully saturated rings. The Hall–Kier alpha value is -8.78. The first-order valence-electron chi connectivity index (χ1n) is 33.1. The molecule has 4 aromatic heterocycles. The summed E-state index contributed by atoms with van der Waals surface area (Å²) in [5.74, 6) is 0. The van der Waals surface area contributed by atoms with Crippen LogP contribution in [0.5, 0.6) is 0 Å². The van der Waals surface area contributed by atoms with Crippen LogP contribution in [-0.2, 0) is 80.4 Å². The second-order valence-electron chi connectivity index (χ2n) is 24.8. The quantitative estimate of drug-likeness (QED) is 0.0876. The van der Waals surface area contributed by atoms with Crippen LogP contribution in [0.3, 0.4) is 0 Å². The third-order valence-electron chi connectivity index (χ3n) is 17.0. The summed E-state index contributed by atoms with van der Waals surface area (Å²) in [5.41, 5.74) is 13.7. The summed E-state index contributed by atoms with van der Waals surface area (Å²) in [4.78, 5) is 35.8. The number of aryl methyl sites for hydroxylation is 3. The van der Waals surface area contributed by atoms with Gasteiger partial charge in [0.05, 0.1) is 41.5 Å². The molecule has 0 saturated heterocycles. The molecule has 0 spiro atoms. The van der Waals surface area contributed by atoms with E-state index in [2.05, 4.69) is 254 Å². The predicted molar refractivity (Wildman–Crippen MR) is 405 cm³/mol. The standard InChI is InChI=1S/2C22H13N2.C20H15N2.C13H9N2.2C5H12O2.4Ir/c1-3-9-17-15(6-1)8-5-11-19(17)22-20-13-12-16-7-2-4-10-18(16)21(20)23-14-24-22;1-2-7-17-13-18(10-9-15(17)5-1)21-20-12-11-16-6-3-4-8-19(16)22(20)24-14-23-21;1-13-7-8-14(2)18(11-13)20-17-10-9-15-5-3-4-6-16(15)19(17)21-12-22-20;1-9-11-7-6-10-4-2-3-5-12(10)13(11)15-8-14-9;2*1-4(6)3-5(2)7;;;;/h1-9,11-14H;1-7,9-14H;3-5,7-12H,1-2H3;2-4,6-8H,1H3;2*4-7H,3H2,1-2H3;;;;/q4*-1;;;;;;. The van der Waals surface area contributed by atoms with E-state index in [4.69, 9.17) is 20.4 Å². The first-order chi connectivity index (χ1) is 48.2. The van der Waals surface area contributed by atoms with E-state index in [1.807, 2.05) is 55.5 Å². The fraction of sp³-hybridized carbons (Fsp3) is 0.149. The Morgan fingerprint density at radius 1 is 0.301 bits per heavy atom. The molecule has 0 bridgehead atoms. The van der Waals surface area contributed by atoms with Gasteiger partial charge in [-0.3, -0.25) is 19.9 Å². The van der Waals surface area contributed by atoms with Crippen molar-refractivity contribution < 1.29 is 101 Å². The molecule has 0 aliphatic rings. The molecule has 4 heterocycles. The largest absolute Gasteiger partial charge is 0.393 e. The molecule has 0 aliphatic heterocycles. The summed E-state index contributed by atoms with van der Waals surface area (Å²) in [7, 11) is 0. The second-order valence-corrected chi connectivity index (χ2v) is 24.8. The number of aliphatic hydroxyl groups is 4. The van der Waals surface area contributed by atoms with Crippen molar-refractivity contribution in [3.8, 4) is 33.8 Å². The van der Waals surface area contributed by atoms with Crippen molar-refractivity contribution >= 4 is 108 Å². The van der Waals surface area contributed by atoms with Crippen molar-refractivity contribution in [1.82, 2.24) is 39.9 Å². The fourth-order valence-corrected chi connectivity index (χ4v) is 12.4. The Bertz CT molecular complexity index is 5670. The van der Waals surface area contributed by atoms with Crippen LogP contribution in [0.15, 0.2) is 250 Å². The van der Waals surface area contributed by atoms with Gasteiger partial charge < -0.3 is 20.4 Å². The van der Waals surface area contributed by atoms with Gasteiger partial charge in [0.25, 0.3) is 0 Å². The molecule has 16 heteroatoms. The van der Waals surface area contributed by atoms with Crippen molar-refractivity contribution in [3.05, 3.63) is 291 Å². The van der Waals surface area contributed by atoms with Gasteiger partial charge in [-0.15, -0.1) is 140 Å². The molecule has 13 aromatic carbocycles. The van der Waals surface area contributed by atoms with E-state index in [0.717, 1.165) is 115 Å². The molecule has 4 N–H and O–H groups in total. The van der Waals surface area contributed by atoms with E-state index < -0.39 is 0 Å². The topological polar surface area (TPSA) is 184 Å². The molecule has 0 saturated carbocycles. The van der Waals surface area contributed by atoms with E-state index in [1.165, 1.54) is 43.6 Å². The Morgan fingerprint density at radius 3 is 1.14 bits per heavy atom. The van der Waals surface area contributed by atoms with Gasteiger partial charge in [0.15, 0.2) is 0 Å². The van der Waals surface area contributed by atoms with E-state index in [-0.39, 0.29) is 105 Å². The zero-order chi connectivity index (χ0) is 68.9. The summed E-state index contributed by atoms with van der Waals surface area (Å²) >= 11 is 0. The van der Waals surface area contributed by atoms with Crippen LogP contribution in [0.2, 0.25) is 0 Å². The molecule has 4 atom stereocenters. The van der Waals surface area contributed by atoms with Crippen molar-refractivity contribution in [2.24, 2.45) is 0 Å². The SMILES string of the molecule is CC(O)CC(C)O.CC(O)CC(C)O.Cc1ccc(C)c(-c2ncnc3c2ccc2ccc[c-]c23)c1.Cc1ncnc2c1ccc1ccc[c-]c12.[Ir].[Ir].[Ir].[Ir].[c-]1cccc2ccc3c(-c4ccc5ccccc5c4)ncnc3c12.[c-]1cccc2ccc3c(-c4cccc5ccccc45)ncnc3c12. The number of aliphatic hydroxyl groups excluding tert-OH is 4.